The fraction of sp³-hybridized carbons (Fsp3) is 1.00. The van der Waals surface area contributed by atoms with Crippen molar-refractivity contribution < 1.29 is 54.3 Å². The molecular formula is C9H22NO11P. The van der Waals surface area contributed by atoms with Gasteiger partial charge in [0, 0.05) is 0 Å². The second-order valence-electron chi connectivity index (χ2n) is 4.55. The van der Waals surface area contributed by atoms with E-state index in [0.717, 1.165) is 0 Å². The second-order valence-corrected chi connectivity index (χ2v) is 5.57. The summed E-state index contributed by atoms with van der Waals surface area (Å²) in [4.78, 5) is 21.6. The summed E-state index contributed by atoms with van der Waals surface area (Å²) in [6, 6.07) is 0. The first-order chi connectivity index (χ1) is 9.88. The second kappa shape index (κ2) is 9.17. The van der Waals surface area contributed by atoms with E-state index < -0.39 is 57.5 Å². The molecular weight excluding hydrogens is 329 g/mol. The lowest BCUT2D eigenvalue weighted by Crippen LogP contribution is -2.62. The number of hydrogen-bond donors (Lipinski definition) is 9. The van der Waals surface area contributed by atoms with Crippen molar-refractivity contribution in [2.75, 3.05) is 6.61 Å². The monoisotopic (exact) mass is 351 g/mol. The van der Waals surface area contributed by atoms with Gasteiger partial charge in [0.2, 0.25) is 0 Å². The molecule has 0 saturated carbocycles. The van der Waals surface area contributed by atoms with E-state index in [9.17, 15) is 20.4 Å². The Morgan fingerprint density at radius 3 is 2.00 bits per heavy atom. The van der Waals surface area contributed by atoms with Crippen LogP contribution in [-0.4, -0.2) is 89.9 Å². The number of rotatable bonds is 4. The number of nitrogens with two attached hydrogens (primary N) is 1. The molecule has 13 heteroatoms. The van der Waals surface area contributed by atoms with Crippen LogP contribution in [0, 0.1) is 0 Å². The van der Waals surface area contributed by atoms with E-state index in [1.54, 1.807) is 0 Å². The number of hydrogen-bond acceptors (Lipinski definition) is 9. The number of phosphoric acid groups is 1. The topological polar surface area (TPSA) is 223 Å². The molecule has 1 fully saturated rings. The Balaban J connectivity index is 0.000000763. The highest BCUT2D eigenvalue weighted by atomic mass is 31.2. The Labute approximate surface area is 125 Å². The van der Waals surface area contributed by atoms with Crippen molar-refractivity contribution in [3.8, 4) is 0 Å². The van der Waals surface area contributed by atoms with Gasteiger partial charge in [0.1, 0.15) is 36.7 Å². The highest BCUT2D eigenvalue weighted by Crippen LogP contribution is 2.26. The largest absolute Gasteiger partial charge is 0.466 e. The number of aliphatic hydroxyl groups is 5. The zero-order valence-electron chi connectivity index (χ0n) is 11.6. The Hall–Kier alpha value is -0.210. The van der Waals surface area contributed by atoms with Gasteiger partial charge in [-0.25, -0.2) is 4.57 Å². The van der Waals surface area contributed by atoms with E-state index in [1.807, 2.05) is 0 Å². The lowest BCUT2D eigenvalue weighted by molar-refractivity contribution is -0.319. The molecule has 0 aliphatic carbocycles. The van der Waals surface area contributed by atoms with Gasteiger partial charge in [-0.1, -0.05) is 0 Å². The molecule has 1 aliphatic heterocycles. The third kappa shape index (κ3) is 7.87. The first kappa shape index (κ1) is 21.8. The van der Waals surface area contributed by atoms with Crippen molar-refractivity contribution in [2.24, 2.45) is 5.73 Å². The summed E-state index contributed by atoms with van der Waals surface area (Å²) in [6.07, 6.45) is -9.27. The molecule has 1 rings (SSSR count). The molecule has 1 heterocycles. The van der Waals surface area contributed by atoms with Crippen LogP contribution < -0.4 is 5.73 Å². The van der Waals surface area contributed by atoms with Gasteiger partial charge in [-0.15, -0.1) is 0 Å². The van der Waals surface area contributed by atoms with Crippen LogP contribution in [0.3, 0.4) is 0 Å². The molecule has 0 aromatic heterocycles. The molecule has 0 spiro atoms. The van der Waals surface area contributed by atoms with Gasteiger partial charge >= 0.3 is 7.82 Å². The number of ether oxygens (including phenoxy) is 2. The fourth-order valence-electron chi connectivity index (χ4n) is 1.62. The van der Waals surface area contributed by atoms with E-state index in [2.05, 4.69) is 0 Å². The molecule has 12 nitrogen and oxygen atoms in total. The fourth-order valence-corrected chi connectivity index (χ4v) is 1.62. The molecule has 0 bridgehead atoms. The molecule has 1 aliphatic rings. The summed E-state index contributed by atoms with van der Waals surface area (Å²) in [5.41, 5.74) is 5.35. The molecule has 22 heavy (non-hydrogen) atoms. The minimum absolute atomic E-state index is 0.657. The number of aliphatic hydroxyl groups excluding tert-OH is 5. The van der Waals surface area contributed by atoms with Crippen LogP contribution in [-0.2, 0) is 14.0 Å². The van der Waals surface area contributed by atoms with Crippen molar-refractivity contribution in [3.63, 3.8) is 0 Å². The van der Waals surface area contributed by atoms with Crippen LogP contribution in [0.5, 0.6) is 0 Å². The Bertz CT molecular complexity index is 355. The van der Waals surface area contributed by atoms with Gasteiger partial charge in [0.05, 0.1) is 6.61 Å². The smallest absolute Gasteiger partial charge is 0.394 e. The first-order valence-corrected chi connectivity index (χ1v) is 7.63. The van der Waals surface area contributed by atoms with E-state index in [-0.39, 0.29) is 0 Å². The normalized spacial score (nSPS) is 35.3. The lowest BCUT2D eigenvalue weighted by Gasteiger charge is -2.42. The molecule has 1 saturated heterocycles. The highest BCUT2D eigenvalue weighted by Gasteiger charge is 2.47. The molecule has 10 N–H and O–H groups in total. The van der Waals surface area contributed by atoms with Gasteiger partial charge < -0.3 is 55.4 Å². The summed E-state index contributed by atoms with van der Waals surface area (Å²) in [7, 11) is -4.64. The van der Waals surface area contributed by atoms with E-state index in [4.69, 9.17) is 39.6 Å². The van der Waals surface area contributed by atoms with Crippen molar-refractivity contribution in [1.82, 2.24) is 0 Å². The maximum Gasteiger partial charge on any atom is 0.466 e. The van der Waals surface area contributed by atoms with Crippen molar-refractivity contribution >= 4 is 7.82 Å². The summed E-state index contributed by atoms with van der Waals surface area (Å²) in [5, 5.41) is 46.9. The van der Waals surface area contributed by atoms with Gasteiger partial charge in [-0.2, -0.15) is 0 Å². The summed E-state index contributed by atoms with van der Waals surface area (Å²) in [5.74, 6) is 0. The maximum atomic E-state index is 9.57. The highest BCUT2D eigenvalue weighted by molar-refractivity contribution is 7.45. The SMILES string of the molecule is CC(N)OC1O[C@H]([C@H](O)CO)[C@@H](O)[C@H](O)[C@@H]1O.O=P(O)(O)O. The molecule has 0 aromatic carbocycles. The Kier molecular flexibility index (Phi) is 9.09. The molecule has 134 valence electrons. The van der Waals surface area contributed by atoms with E-state index in [0.29, 0.717) is 0 Å². The molecule has 7 atom stereocenters. The Morgan fingerprint density at radius 2 is 1.64 bits per heavy atom. The summed E-state index contributed by atoms with van der Waals surface area (Å²) < 4.78 is 18.9. The van der Waals surface area contributed by atoms with Crippen LogP contribution in [0.4, 0.5) is 0 Å². The van der Waals surface area contributed by atoms with E-state index >= 15 is 0 Å². The summed E-state index contributed by atoms with van der Waals surface area (Å²) in [6.45, 7) is 0.834. The minimum atomic E-state index is -4.64. The van der Waals surface area contributed by atoms with Crippen LogP contribution in [0.2, 0.25) is 0 Å². The zero-order chi connectivity index (χ0) is 17.7. The van der Waals surface area contributed by atoms with Gasteiger partial charge in [-0.05, 0) is 6.92 Å². The van der Waals surface area contributed by atoms with Gasteiger partial charge in [0.15, 0.2) is 6.29 Å². The van der Waals surface area contributed by atoms with Gasteiger partial charge in [0.25, 0.3) is 0 Å². The van der Waals surface area contributed by atoms with Crippen LogP contribution in [0.25, 0.3) is 0 Å². The standard InChI is InChI=1S/C9H19NO7.H3O4P/c1-3(10)16-9-7(15)5(13)6(14)8(17-9)4(12)2-11;1-5(2,3)4/h3-9,11-15H,2,10H2,1H3;(H3,1,2,3,4)/t3?,4-,5+,6+,7+,8-,9?;/m1./s1. The minimum Gasteiger partial charge on any atom is -0.394 e. The van der Waals surface area contributed by atoms with Crippen LogP contribution >= 0.6 is 7.82 Å². The predicted molar refractivity (Wildman–Crippen MR) is 68.8 cm³/mol. The third-order valence-corrected chi connectivity index (χ3v) is 2.52. The van der Waals surface area contributed by atoms with Crippen LogP contribution in [0.15, 0.2) is 0 Å². The predicted octanol–water partition coefficient (Wildman–Crippen LogP) is -4.46. The molecule has 2 unspecified atom stereocenters. The summed E-state index contributed by atoms with van der Waals surface area (Å²) >= 11 is 0. The van der Waals surface area contributed by atoms with E-state index in [1.165, 1.54) is 6.92 Å². The maximum absolute atomic E-state index is 9.57. The van der Waals surface area contributed by atoms with Crippen molar-refractivity contribution in [3.05, 3.63) is 0 Å². The first-order valence-electron chi connectivity index (χ1n) is 6.06. The van der Waals surface area contributed by atoms with Gasteiger partial charge in [-0.3, -0.25) is 0 Å². The third-order valence-electron chi connectivity index (χ3n) is 2.52. The lowest BCUT2D eigenvalue weighted by atomic mass is 9.95. The average Bonchev–Trinajstić information content (AvgIpc) is 2.36. The Morgan fingerprint density at radius 1 is 1.18 bits per heavy atom. The molecule has 0 aromatic rings. The zero-order valence-corrected chi connectivity index (χ0v) is 12.5. The van der Waals surface area contributed by atoms with Crippen molar-refractivity contribution in [2.45, 2.75) is 50.0 Å². The average molecular weight is 351 g/mol. The molecule has 0 radical (unpaired) electrons. The van der Waals surface area contributed by atoms with Crippen LogP contribution in [0.1, 0.15) is 6.92 Å². The molecule has 0 amide bonds. The van der Waals surface area contributed by atoms with Crippen molar-refractivity contribution in [1.29, 1.82) is 0 Å². The quantitative estimate of drug-likeness (QED) is 0.173.